The number of hydrogen-bond donors (Lipinski definition) is 3. The molecule has 28 heavy (non-hydrogen) atoms. The second-order valence-corrected chi connectivity index (χ2v) is 6.91. The first-order valence-corrected chi connectivity index (χ1v) is 9.14. The molecule has 2 aromatic carbocycles. The van der Waals surface area contributed by atoms with E-state index in [2.05, 4.69) is 5.32 Å². The van der Waals surface area contributed by atoms with Gasteiger partial charge in [0.25, 0.3) is 0 Å². The maximum absolute atomic E-state index is 12.4. The molecule has 7 nitrogen and oxygen atoms in total. The average Bonchev–Trinajstić information content (AvgIpc) is 2.69. The molecule has 4 N–H and O–H groups in total. The van der Waals surface area contributed by atoms with Crippen molar-refractivity contribution in [3.05, 3.63) is 54.1 Å². The number of carbonyl (C=O) groups excluding carboxylic acids is 2. The number of benzene rings is 2. The molecule has 7 heteroatoms. The molecule has 1 fully saturated rings. The van der Waals surface area contributed by atoms with E-state index in [0.717, 1.165) is 6.42 Å². The molecule has 1 aliphatic carbocycles. The smallest absolute Gasteiger partial charge is 0.306 e. The summed E-state index contributed by atoms with van der Waals surface area (Å²) >= 11 is 0. The van der Waals surface area contributed by atoms with Crippen LogP contribution in [0, 0.1) is 11.8 Å². The maximum atomic E-state index is 12.4. The zero-order valence-corrected chi connectivity index (χ0v) is 15.3. The van der Waals surface area contributed by atoms with Gasteiger partial charge in [0.05, 0.1) is 5.92 Å². The Kier molecular flexibility index (Phi) is 5.93. The number of carbonyl (C=O) groups is 3. The van der Waals surface area contributed by atoms with Crippen LogP contribution in [0.4, 0.5) is 5.69 Å². The van der Waals surface area contributed by atoms with Gasteiger partial charge in [-0.2, -0.15) is 0 Å². The van der Waals surface area contributed by atoms with Gasteiger partial charge in [0.15, 0.2) is 0 Å². The Labute approximate surface area is 162 Å². The van der Waals surface area contributed by atoms with E-state index in [1.807, 2.05) is 0 Å². The number of ether oxygens (including phenoxy) is 1. The van der Waals surface area contributed by atoms with Crippen LogP contribution in [-0.2, 0) is 9.59 Å². The SMILES string of the molecule is NC(=O)c1cccc(Oc2ccc(NC(=O)C3CCCC(C(=O)O)C3)cc2)c1. The summed E-state index contributed by atoms with van der Waals surface area (Å²) < 4.78 is 5.70. The van der Waals surface area contributed by atoms with Gasteiger partial charge in [-0.3, -0.25) is 14.4 Å². The largest absolute Gasteiger partial charge is 0.481 e. The van der Waals surface area contributed by atoms with Gasteiger partial charge in [0, 0.05) is 17.2 Å². The Morgan fingerprint density at radius 3 is 2.39 bits per heavy atom. The molecule has 0 aromatic heterocycles. The van der Waals surface area contributed by atoms with Gasteiger partial charge in [0.2, 0.25) is 11.8 Å². The van der Waals surface area contributed by atoms with Crippen molar-refractivity contribution in [2.75, 3.05) is 5.32 Å². The minimum atomic E-state index is -0.834. The molecule has 0 heterocycles. The van der Waals surface area contributed by atoms with Gasteiger partial charge < -0.3 is 20.9 Å². The number of amides is 2. The van der Waals surface area contributed by atoms with Crippen molar-refractivity contribution in [2.45, 2.75) is 25.7 Å². The lowest BCUT2D eigenvalue weighted by Crippen LogP contribution is -2.30. The number of aliphatic carboxylic acids is 1. The van der Waals surface area contributed by atoms with Crippen LogP contribution in [0.15, 0.2) is 48.5 Å². The molecule has 1 aliphatic rings. The highest BCUT2D eigenvalue weighted by Crippen LogP contribution is 2.30. The standard InChI is InChI=1S/C21H22N2O5/c22-19(24)13-3-2-6-18(12-13)28-17-9-7-16(8-10-17)23-20(25)14-4-1-5-15(11-14)21(26)27/h2-3,6-10,12,14-15H,1,4-5,11H2,(H2,22,24)(H,23,25)(H,26,27). The Morgan fingerprint density at radius 1 is 1.00 bits per heavy atom. The van der Waals surface area contributed by atoms with E-state index in [4.69, 9.17) is 15.6 Å². The minimum absolute atomic E-state index is 0.159. The highest BCUT2D eigenvalue weighted by atomic mass is 16.5. The Morgan fingerprint density at radius 2 is 1.71 bits per heavy atom. The number of carboxylic acid groups (broad SMARTS) is 1. The predicted molar refractivity (Wildman–Crippen MR) is 103 cm³/mol. The number of rotatable bonds is 6. The first-order valence-electron chi connectivity index (χ1n) is 9.14. The molecule has 0 saturated heterocycles. The molecule has 0 spiro atoms. The first-order chi connectivity index (χ1) is 13.4. The highest BCUT2D eigenvalue weighted by Gasteiger charge is 2.31. The molecule has 146 valence electrons. The molecular formula is C21H22N2O5. The van der Waals surface area contributed by atoms with Crippen molar-refractivity contribution in [1.82, 2.24) is 0 Å². The summed E-state index contributed by atoms with van der Waals surface area (Å²) in [5.41, 5.74) is 6.23. The molecule has 0 aliphatic heterocycles. The van der Waals surface area contributed by atoms with Gasteiger partial charge >= 0.3 is 5.97 Å². The number of nitrogens with two attached hydrogens (primary N) is 1. The van der Waals surface area contributed by atoms with Crippen LogP contribution in [0.3, 0.4) is 0 Å². The predicted octanol–water partition coefficient (Wildman–Crippen LogP) is 3.41. The fourth-order valence-electron chi connectivity index (χ4n) is 3.35. The van der Waals surface area contributed by atoms with Crippen LogP contribution in [-0.4, -0.2) is 22.9 Å². The zero-order valence-electron chi connectivity index (χ0n) is 15.3. The quantitative estimate of drug-likeness (QED) is 0.707. The van der Waals surface area contributed by atoms with Crippen LogP contribution in [0.2, 0.25) is 0 Å². The fourth-order valence-corrected chi connectivity index (χ4v) is 3.35. The number of nitrogens with one attached hydrogen (secondary N) is 1. The summed E-state index contributed by atoms with van der Waals surface area (Å²) in [7, 11) is 0. The molecule has 2 unspecified atom stereocenters. The minimum Gasteiger partial charge on any atom is -0.481 e. The molecule has 1 saturated carbocycles. The first kappa shape index (κ1) is 19.4. The number of anilines is 1. The summed E-state index contributed by atoms with van der Waals surface area (Å²) in [4.78, 5) is 34.8. The van der Waals surface area contributed by atoms with Crippen molar-refractivity contribution in [3.63, 3.8) is 0 Å². The van der Waals surface area contributed by atoms with E-state index < -0.39 is 17.8 Å². The van der Waals surface area contributed by atoms with Crippen molar-refractivity contribution >= 4 is 23.5 Å². The Bertz CT molecular complexity index is 879. The van der Waals surface area contributed by atoms with Gasteiger partial charge in [-0.05, 0) is 61.7 Å². The molecule has 2 amide bonds. The lowest BCUT2D eigenvalue weighted by molar-refractivity contribution is -0.143. The molecule has 0 bridgehead atoms. The van der Waals surface area contributed by atoms with Crippen LogP contribution < -0.4 is 15.8 Å². The van der Waals surface area contributed by atoms with Crippen molar-refractivity contribution in [3.8, 4) is 11.5 Å². The summed E-state index contributed by atoms with van der Waals surface area (Å²) in [5.74, 6) is -1.23. The van der Waals surface area contributed by atoms with E-state index in [1.54, 1.807) is 48.5 Å². The third kappa shape index (κ3) is 4.88. The Hall–Kier alpha value is -3.35. The maximum Gasteiger partial charge on any atom is 0.306 e. The van der Waals surface area contributed by atoms with Crippen LogP contribution in [0.25, 0.3) is 0 Å². The van der Waals surface area contributed by atoms with Crippen LogP contribution in [0.1, 0.15) is 36.0 Å². The third-order valence-electron chi connectivity index (χ3n) is 4.87. The lowest BCUT2D eigenvalue weighted by Gasteiger charge is -2.25. The molecule has 2 atom stereocenters. The van der Waals surface area contributed by atoms with E-state index >= 15 is 0 Å². The zero-order chi connectivity index (χ0) is 20.1. The topological polar surface area (TPSA) is 119 Å². The second kappa shape index (κ2) is 8.56. The average molecular weight is 382 g/mol. The number of hydrogen-bond acceptors (Lipinski definition) is 4. The van der Waals surface area contributed by atoms with Gasteiger partial charge in [0.1, 0.15) is 11.5 Å². The van der Waals surface area contributed by atoms with Crippen molar-refractivity contribution in [2.24, 2.45) is 17.6 Å². The van der Waals surface area contributed by atoms with Crippen molar-refractivity contribution in [1.29, 1.82) is 0 Å². The fraction of sp³-hybridized carbons (Fsp3) is 0.286. The normalized spacial score (nSPS) is 18.9. The summed E-state index contributed by atoms with van der Waals surface area (Å²) in [6.07, 6.45) is 2.44. The van der Waals surface area contributed by atoms with Gasteiger partial charge in [-0.25, -0.2) is 0 Å². The molecular weight excluding hydrogens is 360 g/mol. The highest BCUT2D eigenvalue weighted by molar-refractivity contribution is 5.93. The van der Waals surface area contributed by atoms with Gasteiger partial charge in [-0.1, -0.05) is 12.5 Å². The number of carboxylic acids is 1. The van der Waals surface area contributed by atoms with E-state index in [9.17, 15) is 14.4 Å². The monoisotopic (exact) mass is 382 g/mol. The Balaban J connectivity index is 1.60. The molecule has 0 radical (unpaired) electrons. The van der Waals surface area contributed by atoms with Gasteiger partial charge in [-0.15, -0.1) is 0 Å². The third-order valence-corrected chi connectivity index (χ3v) is 4.87. The summed E-state index contributed by atoms with van der Waals surface area (Å²) in [5, 5.41) is 12.0. The van der Waals surface area contributed by atoms with E-state index in [1.165, 1.54) is 0 Å². The number of primary amides is 1. The molecule has 3 rings (SSSR count). The lowest BCUT2D eigenvalue weighted by atomic mass is 9.81. The summed E-state index contributed by atoms with van der Waals surface area (Å²) in [6.45, 7) is 0. The van der Waals surface area contributed by atoms with Crippen LogP contribution in [0.5, 0.6) is 11.5 Å². The summed E-state index contributed by atoms with van der Waals surface area (Å²) in [6, 6.07) is 13.4. The van der Waals surface area contributed by atoms with Crippen molar-refractivity contribution < 1.29 is 24.2 Å². The van der Waals surface area contributed by atoms with E-state index in [-0.39, 0.29) is 11.8 Å². The second-order valence-electron chi connectivity index (χ2n) is 6.91. The van der Waals surface area contributed by atoms with E-state index in [0.29, 0.717) is 42.0 Å². The molecule has 2 aromatic rings. The van der Waals surface area contributed by atoms with Crippen LogP contribution >= 0.6 is 0 Å².